The van der Waals surface area contributed by atoms with E-state index < -0.39 is 10.0 Å². The average molecular weight is 410 g/mol. The highest BCUT2D eigenvalue weighted by Gasteiger charge is 2.24. The maximum absolute atomic E-state index is 13.0. The molecule has 29 heavy (non-hydrogen) atoms. The van der Waals surface area contributed by atoms with Gasteiger partial charge in [-0.15, -0.1) is 0 Å². The second kappa shape index (κ2) is 8.87. The van der Waals surface area contributed by atoms with Crippen molar-refractivity contribution in [3.05, 3.63) is 89.7 Å². The first-order valence-corrected chi connectivity index (χ1v) is 10.7. The molecule has 1 aromatic heterocycles. The highest BCUT2D eigenvalue weighted by atomic mass is 32.2. The third kappa shape index (κ3) is 5.20. The molecule has 0 aliphatic heterocycles. The fourth-order valence-electron chi connectivity index (χ4n) is 2.95. The van der Waals surface area contributed by atoms with E-state index in [1.54, 1.807) is 31.4 Å². The molecule has 0 radical (unpaired) electrons. The van der Waals surface area contributed by atoms with Crippen LogP contribution in [0.1, 0.15) is 21.5 Å². The molecule has 0 fully saturated rings. The summed E-state index contributed by atoms with van der Waals surface area (Å²) in [5, 5.41) is 0. The highest BCUT2D eigenvalue weighted by molar-refractivity contribution is 7.92. The number of nitrogens with zero attached hydrogens (tertiary/aromatic N) is 2. The lowest BCUT2D eigenvalue weighted by Gasteiger charge is -2.19. The van der Waals surface area contributed by atoms with E-state index in [4.69, 9.17) is 0 Å². The van der Waals surface area contributed by atoms with Crippen LogP contribution in [0.5, 0.6) is 0 Å². The molecule has 2 aromatic carbocycles. The number of aryl methyl sites for hydroxylation is 1. The van der Waals surface area contributed by atoms with Gasteiger partial charge >= 0.3 is 0 Å². The molecule has 1 N–H and O–H groups in total. The van der Waals surface area contributed by atoms with Gasteiger partial charge in [-0.25, -0.2) is 8.42 Å². The Morgan fingerprint density at radius 2 is 1.72 bits per heavy atom. The molecule has 0 aliphatic carbocycles. The second-order valence-corrected chi connectivity index (χ2v) is 8.47. The van der Waals surface area contributed by atoms with Crippen molar-refractivity contribution in [2.24, 2.45) is 0 Å². The van der Waals surface area contributed by atoms with Crippen LogP contribution < -0.4 is 4.72 Å². The third-order valence-electron chi connectivity index (χ3n) is 4.46. The monoisotopic (exact) mass is 409 g/mol. The highest BCUT2D eigenvalue weighted by Crippen LogP contribution is 2.21. The molecule has 150 valence electrons. The number of amides is 1. The van der Waals surface area contributed by atoms with Gasteiger partial charge in [-0.1, -0.05) is 42.5 Å². The number of rotatable bonds is 7. The molecule has 3 aromatic rings. The predicted molar refractivity (Wildman–Crippen MR) is 113 cm³/mol. The van der Waals surface area contributed by atoms with Crippen molar-refractivity contribution in [1.29, 1.82) is 0 Å². The van der Waals surface area contributed by atoms with Crippen molar-refractivity contribution in [2.45, 2.75) is 18.2 Å². The number of pyridine rings is 1. The van der Waals surface area contributed by atoms with Crippen molar-refractivity contribution < 1.29 is 13.2 Å². The first-order chi connectivity index (χ1) is 13.9. The first kappa shape index (κ1) is 20.5. The maximum atomic E-state index is 13.0. The van der Waals surface area contributed by atoms with E-state index in [0.29, 0.717) is 18.7 Å². The van der Waals surface area contributed by atoms with Gasteiger partial charge in [0.1, 0.15) is 4.90 Å². The first-order valence-electron chi connectivity index (χ1n) is 9.20. The minimum Gasteiger partial charge on any atom is -0.341 e. The van der Waals surface area contributed by atoms with Gasteiger partial charge in [0.2, 0.25) is 0 Å². The lowest BCUT2D eigenvalue weighted by Crippen LogP contribution is -2.30. The molecule has 0 saturated heterocycles. The van der Waals surface area contributed by atoms with E-state index in [1.165, 1.54) is 23.2 Å². The zero-order valence-corrected chi connectivity index (χ0v) is 17.2. The smallest absolute Gasteiger partial charge is 0.262 e. The van der Waals surface area contributed by atoms with E-state index in [1.807, 2.05) is 37.3 Å². The van der Waals surface area contributed by atoms with Crippen LogP contribution in [0.25, 0.3) is 0 Å². The number of aromatic nitrogens is 1. The van der Waals surface area contributed by atoms with E-state index in [2.05, 4.69) is 9.71 Å². The van der Waals surface area contributed by atoms with Gasteiger partial charge in [-0.3, -0.25) is 14.5 Å². The van der Waals surface area contributed by atoms with Gasteiger partial charge in [-0.2, -0.15) is 0 Å². The number of nitrogens with one attached hydrogen (secondary N) is 1. The molecular weight excluding hydrogens is 386 g/mol. The minimum absolute atomic E-state index is 0.0573. The van der Waals surface area contributed by atoms with Gasteiger partial charge in [0.15, 0.2) is 0 Å². The molecule has 0 bridgehead atoms. The molecule has 0 spiro atoms. The standard InChI is InChI=1S/C22H23N3O3S/c1-17-14-19(16-23-15-17)24-29(27,28)21-11-7-6-10-20(21)22(26)25(2)13-12-18-8-4-3-5-9-18/h3-11,14-16,24H,12-13H2,1-2H3. The normalized spacial score (nSPS) is 11.1. The Morgan fingerprint density at radius 3 is 2.45 bits per heavy atom. The lowest BCUT2D eigenvalue weighted by atomic mass is 10.1. The number of carbonyl (C=O) groups excluding carboxylic acids is 1. The topological polar surface area (TPSA) is 79.4 Å². The van der Waals surface area contributed by atoms with Crippen LogP contribution in [-0.2, 0) is 16.4 Å². The van der Waals surface area contributed by atoms with Crippen LogP contribution in [0.4, 0.5) is 5.69 Å². The van der Waals surface area contributed by atoms with Crippen molar-refractivity contribution in [2.75, 3.05) is 18.3 Å². The molecule has 7 heteroatoms. The van der Waals surface area contributed by atoms with E-state index in [9.17, 15) is 13.2 Å². The van der Waals surface area contributed by atoms with Crippen molar-refractivity contribution >= 4 is 21.6 Å². The molecule has 3 rings (SSSR count). The minimum atomic E-state index is -3.94. The molecule has 0 aliphatic rings. The summed E-state index contributed by atoms with van der Waals surface area (Å²) < 4.78 is 28.4. The summed E-state index contributed by atoms with van der Waals surface area (Å²) in [6, 6.07) is 17.7. The molecule has 0 atom stereocenters. The maximum Gasteiger partial charge on any atom is 0.262 e. The van der Waals surface area contributed by atoms with Crippen LogP contribution in [-0.4, -0.2) is 37.8 Å². The van der Waals surface area contributed by atoms with Crippen LogP contribution in [0.3, 0.4) is 0 Å². The summed E-state index contributed by atoms with van der Waals surface area (Å²) in [5.74, 6) is -0.343. The third-order valence-corrected chi connectivity index (χ3v) is 5.90. The van der Waals surface area contributed by atoms with Gasteiger partial charge in [-0.05, 0) is 42.7 Å². The fourth-order valence-corrected chi connectivity index (χ4v) is 4.18. The molecule has 6 nitrogen and oxygen atoms in total. The lowest BCUT2D eigenvalue weighted by molar-refractivity contribution is 0.0793. The largest absolute Gasteiger partial charge is 0.341 e. The summed E-state index contributed by atoms with van der Waals surface area (Å²) in [4.78, 5) is 18.4. The average Bonchev–Trinajstić information content (AvgIpc) is 2.72. The number of benzene rings is 2. The second-order valence-electron chi connectivity index (χ2n) is 6.81. The number of likely N-dealkylation sites (N-methyl/N-ethyl adjacent to an activating group) is 1. The van der Waals surface area contributed by atoms with Crippen molar-refractivity contribution in [1.82, 2.24) is 9.88 Å². The SMILES string of the molecule is Cc1cncc(NS(=O)(=O)c2ccccc2C(=O)N(C)CCc2ccccc2)c1. The van der Waals surface area contributed by atoms with Gasteiger partial charge < -0.3 is 4.90 Å². The van der Waals surface area contributed by atoms with Crippen LogP contribution in [0, 0.1) is 6.92 Å². The Labute approximate surface area is 171 Å². The Balaban J connectivity index is 1.81. The van der Waals surface area contributed by atoms with Crippen molar-refractivity contribution in [3.63, 3.8) is 0 Å². The number of hydrogen-bond donors (Lipinski definition) is 1. The van der Waals surface area contributed by atoms with Gasteiger partial charge in [0, 0.05) is 19.8 Å². The number of hydrogen-bond acceptors (Lipinski definition) is 4. The van der Waals surface area contributed by atoms with Crippen molar-refractivity contribution in [3.8, 4) is 0 Å². The Morgan fingerprint density at radius 1 is 1.03 bits per heavy atom. The summed E-state index contributed by atoms with van der Waals surface area (Å²) in [6.45, 7) is 2.30. The Bertz CT molecular complexity index is 1100. The fraction of sp³-hybridized carbons (Fsp3) is 0.182. The molecular formula is C22H23N3O3S. The van der Waals surface area contributed by atoms with Crippen LogP contribution in [0.15, 0.2) is 78.0 Å². The molecule has 1 amide bonds. The summed E-state index contributed by atoms with van der Waals surface area (Å²) in [5.41, 5.74) is 2.43. The molecule has 0 unspecified atom stereocenters. The Hall–Kier alpha value is -3.19. The summed E-state index contributed by atoms with van der Waals surface area (Å²) >= 11 is 0. The van der Waals surface area contributed by atoms with Crippen LogP contribution >= 0.6 is 0 Å². The summed E-state index contributed by atoms with van der Waals surface area (Å²) in [6.07, 6.45) is 3.75. The number of anilines is 1. The zero-order valence-electron chi connectivity index (χ0n) is 16.4. The van der Waals surface area contributed by atoms with E-state index in [-0.39, 0.29) is 16.4 Å². The van der Waals surface area contributed by atoms with E-state index in [0.717, 1.165) is 11.1 Å². The van der Waals surface area contributed by atoms with Gasteiger partial charge in [0.25, 0.3) is 15.9 Å². The molecule has 0 saturated carbocycles. The van der Waals surface area contributed by atoms with E-state index >= 15 is 0 Å². The quantitative estimate of drug-likeness (QED) is 0.648. The summed E-state index contributed by atoms with van der Waals surface area (Å²) in [7, 11) is -2.27. The molecule has 1 heterocycles. The zero-order chi connectivity index (χ0) is 20.9. The van der Waals surface area contributed by atoms with Crippen LogP contribution in [0.2, 0.25) is 0 Å². The Kier molecular flexibility index (Phi) is 6.29. The number of carbonyl (C=O) groups is 1. The predicted octanol–water partition coefficient (Wildman–Crippen LogP) is 3.51. The number of sulfonamides is 1. The van der Waals surface area contributed by atoms with Gasteiger partial charge in [0.05, 0.1) is 17.4 Å².